The lowest BCUT2D eigenvalue weighted by atomic mass is 10.1. The second kappa shape index (κ2) is 7.98. The molecule has 0 spiro atoms. The molecule has 0 aliphatic rings. The number of thiophene rings is 1. The summed E-state index contributed by atoms with van der Waals surface area (Å²) < 4.78 is 16.5. The summed E-state index contributed by atoms with van der Waals surface area (Å²) in [5.41, 5.74) is 1.01. The van der Waals surface area contributed by atoms with Crippen LogP contribution in [0.25, 0.3) is 16.8 Å². The van der Waals surface area contributed by atoms with E-state index in [9.17, 15) is 14.0 Å². The zero-order chi connectivity index (χ0) is 20.4. The van der Waals surface area contributed by atoms with Crippen LogP contribution in [0.4, 0.5) is 4.39 Å². The second-order valence-corrected chi connectivity index (χ2v) is 7.73. The van der Waals surface area contributed by atoms with E-state index in [1.807, 2.05) is 0 Å². The molecule has 3 aromatic heterocycles. The summed E-state index contributed by atoms with van der Waals surface area (Å²) >= 11 is 7.01. The summed E-state index contributed by atoms with van der Waals surface area (Å²) in [6.45, 7) is 0.161. The Balaban J connectivity index is 1.49. The Bertz CT molecular complexity index is 1250. The molecular weight excluding hydrogens is 417 g/mol. The van der Waals surface area contributed by atoms with Crippen LogP contribution in [0.15, 0.2) is 59.7 Å². The van der Waals surface area contributed by atoms with Gasteiger partial charge in [-0.1, -0.05) is 16.8 Å². The van der Waals surface area contributed by atoms with Gasteiger partial charge in [-0.3, -0.25) is 9.59 Å². The number of hydrogen-bond donors (Lipinski definition) is 2. The number of nitrogens with one attached hydrogen (secondary N) is 2. The zero-order valence-corrected chi connectivity index (χ0v) is 16.3. The van der Waals surface area contributed by atoms with Crippen LogP contribution in [0.1, 0.15) is 15.4 Å². The van der Waals surface area contributed by atoms with Crippen molar-refractivity contribution in [3.63, 3.8) is 0 Å². The molecule has 1 aromatic carbocycles. The number of nitrogens with zero attached hydrogens (tertiary/aromatic N) is 3. The number of aromatic amines is 1. The maximum Gasteiger partial charge on any atom is 0.261 e. The van der Waals surface area contributed by atoms with Crippen molar-refractivity contribution >= 4 is 28.8 Å². The molecule has 0 saturated heterocycles. The van der Waals surface area contributed by atoms with Crippen molar-refractivity contribution in [2.24, 2.45) is 0 Å². The Morgan fingerprint density at radius 2 is 2.10 bits per heavy atom. The van der Waals surface area contributed by atoms with Crippen molar-refractivity contribution in [3.05, 3.63) is 85.9 Å². The Morgan fingerprint density at radius 1 is 1.24 bits per heavy atom. The minimum absolute atomic E-state index is 0.161. The quantitative estimate of drug-likeness (QED) is 0.508. The minimum Gasteiger partial charge on any atom is -0.346 e. The molecule has 146 valence electrons. The first-order chi connectivity index (χ1) is 14.0. The number of halogens is 2. The van der Waals surface area contributed by atoms with E-state index in [2.05, 4.69) is 20.6 Å². The van der Waals surface area contributed by atoms with E-state index in [0.717, 1.165) is 0 Å². The van der Waals surface area contributed by atoms with Gasteiger partial charge in [-0.25, -0.2) is 9.07 Å². The van der Waals surface area contributed by atoms with Crippen molar-refractivity contribution < 1.29 is 9.18 Å². The largest absolute Gasteiger partial charge is 0.346 e. The Hall–Kier alpha value is -3.30. The van der Waals surface area contributed by atoms with Crippen molar-refractivity contribution in [2.75, 3.05) is 0 Å². The van der Waals surface area contributed by atoms with Crippen LogP contribution in [0.3, 0.4) is 0 Å². The SMILES string of the molecule is O=C(NCc1cn(-c2ccc(-c3ccc[nH]c3=O)c(F)c2)nn1)c1ccc(Cl)s1. The molecule has 29 heavy (non-hydrogen) atoms. The highest BCUT2D eigenvalue weighted by atomic mass is 35.5. The average Bonchev–Trinajstić information content (AvgIpc) is 3.36. The summed E-state index contributed by atoms with van der Waals surface area (Å²) in [7, 11) is 0. The molecule has 1 amide bonds. The molecule has 2 N–H and O–H groups in total. The molecule has 0 aliphatic carbocycles. The van der Waals surface area contributed by atoms with Gasteiger partial charge in [-0.2, -0.15) is 0 Å². The first-order valence-corrected chi connectivity index (χ1v) is 9.63. The van der Waals surface area contributed by atoms with Gasteiger partial charge in [0.1, 0.15) is 11.5 Å². The lowest BCUT2D eigenvalue weighted by molar-refractivity contribution is 0.0954. The van der Waals surface area contributed by atoms with Gasteiger partial charge in [0.2, 0.25) is 0 Å². The molecule has 10 heteroatoms. The van der Waals surface area contributed by atoms with Gasteiger partial charge in [-0.15, -0.1) is 16.4 Å². The molecule has 0 saturated carbocycles. The zero-order valence-electron chi connectivity index (χ0n) is 14.7. The highest BCUT2D eigenvalue weighted by molar-refractivity contribution is 7.17. The lowest BCUT2D eigenvalue weighted by Crippen LogP contribution is -2.21. The van der Waals surface area contributed by atoms with Crippen molar-refractivity contribution in [2.45, 2.75) is 6.54 Å². The van der Waals surface area contributed by atoms with E-state index in [1.165, 1.54) is 34.3 Å². The molecule has 0 aliphatic heterocycles. The third-order valence-electron chi connectivity index (χ3n) is 4.09. The third-order valence-corrected chi connectivity index (χ3v) is 5.32. The van der Waals surface area contributed by atoms with Gasteiger partial charge in [0.05, 0.1) is 27.6 Å². The highest BCUT2D eigenvalue weighted by Crippen LogP contribution is 2.22. The molecule has 0 fully saturated rings. The monoisotopic (exact) mass is 429 g/mol. The summed E-state index contributed by atoms with van der Waals surface area (Å²) in [5.74, 6) is -0.820. The number of aromatic nitrogens is 4. The van der Waals surface area contributed by atoms with Crippen molar-refractivity contribution in [3.8, 4) is 16.8 Å². The number of pyridine rings is 1. The van der Waals surface area contributed by atoms with Crippen LogP contribution in [0.2, 0.25) is 4.34 Å². The van der Waals surface area contributed by atoms with E-state index in [-0.39, 0.29) is 29.1 Å². The van der Waals surface area contributed by atoms with Crippen LogP contribution < -0.4 is 10.9 Å². The van der Waals surface area contributed by atoms with E-state index in [4.69, 9.17) is 11.6 Å². The summed E-state index contributed by atoms with van der Waals surface area (Å²) in [4.78, 5) is 26.9. The predicted molar refractivity (Wildman–Crippen MR) is 108 cm³/mol. The Kier molecular flexibility index (Phi) is 5.24. The van der Waals surface area contributed by atoms with E-state index in [1.54, 1.807) is 36.5 Å². The standard InChI is InChI=1S/C19H13ClFN5O2S/c20-17-6-5-16(29-17)19(28)23-9-11-10-26(25-24-11)12-3-4-13(15(21)8-12)14-2-1-7-22-18(14)27/h1-8,10H,9H2,(H,22,27)(H,23,28). The van der Waals surface area contributed by atoms with Gasteiger partial charge in [-0.05, 0) is 36.4 Å². The number of rotatable bonds is 5. The smallest absolute Gasteiger partial charge is 0.261 e. The lowest BCUT2D eigenvalue weighted by Gasteiger charge is -2.05. The van der Waals surface area contributed by atoms with Crippen LogP contribution in [0.5, 0.6) is 0 Å². The number of carbonyl (C=O) groups excluding carboxylic acids is 1. The van der Waals surface area contributed by atoms with Crippen LogP contribution in [0, 0.1) is 5.82 Å². The van der Waals surface area contributed by atoms with Gasteiger partial charge in [0, 0.05) is 23.4 Å². The fraction of sp³-hybridized carbons (Fsp3) is 0.0526. The Labute approximate surface area is 172 Å². The van der Waals surface area contributed by atoms with Gasteiger partial charge in [0.15, 0.2) is 0 Å². The summed E-state index contributed by atoms with van der Waals surface area (Å²) in [6, 6.07) is 10.9. The number of hydrogen-bond acceptors (Lipinski definition) is 5. The first-order valence-electron chi connectivity index (χ1n) is 8.44. The maximum atomic E-state index is 14.6. The van der Waals surface area contributed by atoms with E-state index >= 15 is 0 Å². The fourth-order valence-electron chi connectivity index (χ4n) is 2.70. The number of H-pyrrole nitrogens is 1. The molecule has 0 radical (unpaired) electrons. The summed E-state index contributed by atoms with van der Waals surface area (Å²) in [6.07, 6.45) is 3.08. The van der Waals surface area contributed by atoms with Gasteiger partial charge < -0.3 is 10.3 Å². The molecular formula is C19H13ClFN5O2S. The molecule has 4 rings (SSSR count). The van der Waals surface area contributed by atoms with Crippen LogP contribution in [-0.2, 0) is 6.54 Å². The van der Waals surface area contributed by atoms with Crippen LogP contribution in [-0.4, -0.2) is 25.9 Å². The molecule has 4 aromatic rings. The average molecular weight is 430 g/mol. The van der Waals surface area contributed by atoms with Gasteiger partial charge >= 0.3 is 0 Å². The van der Waals surface area contributed by atoms with Crippen molar-refractivity contribution in [1.29, 1.82) is 0 Å². The number of benzene rings is 1. The Morgan fingerprint density at radius 3 is 2.83 bits per heavy atom. The van der Waals surface area contributed by atoms with E-state index < -0.39 is 5.82 Å². The first kappa shape index (κ1) is 19.0. The van der Waals surface area contributed by atoms with E-state index in [0.29, 0.717) is 20.6 Å². The normalized spacial score (nSPS) is 10.8. The summed E-state index contributed by atoms with van der Waals surface area (Å²) in [5, 5.41) is 10.7. The van der Waals surface area contributed by atoms with Crippen LogP contribution >= 0.6 is 22.9 Å². The third kappa shape index (κ3) is 4.10. The fourth-order valence-corrected chi connectivity index (χ4v) is 3.66. The molecule has 0 atom stereocenters. The maximum absolute atomic E-state index is 14.6. The molecule has 0 unspecified atom stereocenters. The van der Waals surface area contributed by atoms with Gasteiger partial charge in [0.25, 0.3) is 11.5 Å². The molecule has 3 heterocycles. The topological polar surface area (TPSA) is 92.7 Å². The van der Waals surface area contributed by atoms with Crippen molar-refractivity contribution in [1.82, 2.24) is 25.3 Å². The minimum atomic E-state index is -0.556. The number of carbonyl (C=O) groups is 1. The molecule has 7 nitrogen and oxygen atoms in total. The number of amides is 1. The highest BCUT2D eigenvalue weighted by Gasteiger charge is 2.12. The molecule has 0 bridgehead atoms. The predicted octanol–water partition coefficient (Wildman–Crippen LogP) is 3.41. The second-order valence-electron chi connectivity index (χ2n) is 6.02.